The molecule has 2 aromatic rings. The molecule has 25 heavy (non-hydrogen) atoms. The van der Waals surface area contributed by atoms with Crippen LogP contribution >= 0.6 is 0 Å². The van der Waals surface area contributed by atoms with Crippen LogP contribution in [0.3, 0.4) is 0 Å². The van der Waals surface area contributed by atoms with Gasteiger partial charge in [-0.05, 0) is 46.0 Å². The number of amides is 1. The first-order chi connectivity index (χ1) is 11.8. The molecule has 1 heterocycles. The molecule has 0 radical (unpaired) electrons. The largest absolute Gasteiger partial charge is 0.476 e. The monoisotopic (exact) mass is 343 g/mol. The molecule has 0 saturated carbocycles. The summed E-state index contributed by atoms with van der Waals surface area (Å²) in [7, 11) is 0. The lowest BCUT2D eigenvalue weighted by atomic mass is 9.98. The number of para-hydroxylation sites is 1. The van der Waals surface area contributed by atoms with Crippen molar-refractivity contribution >= 4 is 17.4 Å². The first kappa shape index (κ1) is 18.4. The number of carbonyl (C=O) groups excluding carboxylic acids is 1. The van der Waals surface area contributed by atoms with Crippen LogP contribution in [0.5, 0.6) is 5.75 Å². The van der Waals surface area contributed by atoms with Crippen LogP contribution < -0.4 is 10.1 Å². The summed E-state index contributed by atoms with van der Waals surface area (Å²) in [6, 6.07) is 8.86. The SMILES string of the molecule is Cc1ccc(OCC(=O)Nc2c(C)cccc2C(C)C)c([N+](=O)[O-])n1. The molecular weight excluding hydrogens is 322 g/mol. The molecule has 1 aromatic heterocycles. The zero-order valence-electron chi connectivity index (χ0n) is 14.7. The van der Waals surface area contributed by atoms with Crippen molar-refractivity contribution in [1.82, 2.24) is 4.98 Å². The van der Waals surface area contributed by atoms with E-state index in [2.05, 4.69) is 10.3 Å². The van der Waals surface area contributed by atoms with E-state index in [9.17, 15) is 14.9 Å². The Kier molecular flexibility index (Phi) is 5.69. The molecule has 0 aliphatic heterocycles. The average Bonchev–Trinajstić information content (AvgIpc) is 2.55. The maximum absolute atomic E-state index is 12.2. The first-order valence-corrected chi connectivity index (χ1v) is 7.93. The number of anilines is 1. The summed E-state index contributed by atoms with van der Waals surface area (Å²) in [5.41, 5.74) is 3.23. The highest BCUT2D eigenvalue weighted by atomic mass is 16.6. The van der Waals surface area contributed by atoms with Crippen LogP contribution in [0, 0.1) is 24.0 Å². The number of rotatable bonds is 6. The molecule has 1 aromatic carbocycles. The minimum Gasteiger partial charge on any atom is -0.476 e. The van der Waals surface area contributed by atoms with E-state index in [4.69, 9.17) is 4.74 Å². The van der Waals surface area contributed by atoms with Gasteiger partial charge in [-0.3, -0.25) is 4.79 Å². The van der Waals surface area contributed by atoms with E-state index in [0.29, 0.717) is 5.69 Å². The molecular formula is C18H21N3O4. The van der Waals surface area contributed by atoms with Crippen LogP contribution in [-0.2, 0) is 4.79 Å². The van der Waals surface area contributed by atoms with Crippen molar-refractivity contribution in [3.63, 3.8) is 0 Å². The van der Waals surface area contributed by atoms with Crippen molar-refractivity contribution in [3.05, 3.63) is 57.3 Å². The van der Waals surface area contributed by atoms with Crippen molar-refractivity contribution in [2.45, 2.75) is 33.6 Å². The highest BCUT2D eigenvalue weighted by molar-refractivity contribution is 5.93. The van der Waals surface area contributed by atoms with Crippen molar-refractivity contribution in [1.29, 1.82) is 0 Å². The Morgan fingerprint density at radius 1 is 1.28 bits per heavy atom. The second-order valence-corrected chi connectivity index (χ2v) is 6.06. The number of nitrogens with zero attached hydrogens (tertiary/aromatic N) is 2. The molecule has 1 N–H and O–H groups in total. The number of ether oxygens (including phenoxy) is 1. The molecule has 7 heteroatoms. The molecule has 132 valence electrons. The highest BCUT2D eigenvalue weighted by Gasteiger charge is 2.19. The van der Waals surface area contributed by atoms with Gasteiger partial charge in [0.05, 0.1) is 0 Å². The number of carbonyl (C=O) groups is 1. The predicted molar refractivity (Wildman–Crippen MR) is 95.0 cm³/mol. The van der Waals surface area contributed by atoms with Crippen molar-refractivity contribution in [3.8, 4) is 5.75 Å². The predicted octanol–water partition coefficient (Wildman–Crippen LogP) is 3.75. The van der Waals surface area contributed by atoms with Crippen LogP contribution in [0.15, 0.2) is 30.3 Å². The summed E-state index contributed by atoms with van der Waals surface area (Å²) in [5.74, 6) is -0.559. The van der Waals surface area contributed by atoms with Gasteiger partial charge >= 0.3 is 5.82 Å². The number of hydrogen-bond donors (Lipinski definition) is 1. The Bertz CT molecular complexity index is 803. The summed E-state index contributed by atoms with van der Waals surface area (Å²) in [4.78, 5) is 26.5. The molecule has 0 spiro atoms. The third kappa shape index (κ3) is 4.53. The van der Waals surface area contributed by atoms with Gasteiger partial charge in [0.2, 0.25) is 5.75 Å². The maximum atomic E-state index is 12.2. The number of aryl methyl sites for hydroxylation is 2. The Labute approximate surface area is 146 Å². The van der Waals surface area contributed by atoms with Crippen LogP contribution in [0.2, 0.25) is 0 Å². The van der Waals surface area contributed by atoms with Gasteiger partial charge in [-0.25, -0.2) is 0 Å². The van der Waals surface area contributed by atoms with E-state index in [1.54, 1.807) is 13.0 Å². The first-order valence-electron chi connectivity index (χ1n) is 7.93. The van der Waals surface area contributed by atoms with Gasteiger partial charge in [-0.2, -0.15) is 0 Å². The summed E-state index contributed by atoms with van der Waals surface area (Å²) < 4.78 is 5.31. The quantitative estimate of drug-likeness (QED) is 0.637. The van der Waals surface area contributed by atoms with Crippen LogP contribution in [0.4, 0.5) is 11.5 Å². The number of nitrogens with one attached hydrogen (secondary N) is 1. The summed E-state index contributed by atoms with van der Waals surface area (Å²) in [5, 5.41) is 13.9. The number of nitro groups is 1. The van der Waals surface area contributed by atoms with Gasteiger partial charge in [0.25, 0.3) is 5.91 Å². The number of pyridine rings is 1. The molecule has 0 bridgehead atoms. The number of hydrogen-bond acceptors (Lipinski definition) is 5. The lowest BCUT2D eigenvalue weighted by Crippen LogP contribution is -2.22. The fraction of sp³-hybridized carbons (Fsp3) is 0.333. The van der Waals surface area contributed by atoms with E-state index >= 15 is 0 Å². The van der Waals surface area contributed by atoms with Gasteiger partial charge in [0.15, 0.2) is 6.61 Å². The third-order valence-corrected chi connectivity index (χ3v) is 3.70. The smallest absolute Gasteiger partial charge is 0.406 e. The topological polar surface area (TPSA) is 94.4 Å². The zero-order chi connectivity index (χ0) is 18.6. The molecule has 0 atom stereocenters. The Balaban J connectivity index is 2.12. The normalized spacial score (nSPS) is 10.6. The minimum atomic E-state index is -0.627. The Hall–Kier alpha value is -2.96. The van der Waals surface area contributed by atoms with Crippen molar-refractivity contribution in [2.24, 2.45) is 0 Å². The van der Waals surface area contributed by atoms with Crippen LogP contribution in [0.25, 0.3) is 0 Å². The van der Waals surface area contributed by atoms with E-state index in [0.717, 1.165) is 16.8 Å². The van der Waals surface area contributed by atoms with Crippen molar-refractivity contribution in [2.75, 3.05) is 11.9 Å². The Morgan fingerprint density at radius 2 is 2.00 bits per heavy atom. The van der Waals surface area contributed by atoms with Gasteiger partial charge in [-0.1, -0.05) is 32.0 Å². The minimum absolute atomic E-state index is 0.0281. The van der Waals surface area contributed by atoms with E-state index < -0.39 is 10.7 Å². The molecule has 0 saturated heterocycles. The summed E-state index contributed by atoms with van der Waals surface area (Å²) in [6.45, 7) is 7.31. The standard InChI is InChI=1S/C18H21N3O4/c1-11(2)14-7-5-6-12(3)17(14)20-16(22)10-25-15-9-8-13(4)19-18(15)21(23)24/h5-9,11H,10H2,1-4H3,(H,20,22). The maximum Gasteiger partial charge on any atom is 0.406 e. The van der Waals surface area contributed by atoms with E-state index in [1.807, 2.05) is 39.0 Å². The molecule has 0 fully saturated rings. The molecule has 0 aliphatic rings. The number of aromatic nitrogens is 1. The van der Waals surface area contributed by atoms with Crippen molar-refractivity contribution < 1.29 is 14.5 Å². The average molecular weight is 343 g/mol. The summed E-state index contributed by atoms with van der Waals surface area (Å²) in [6.07, 6.45) is 0. The van der Waals surface area contributed by atoms with E-state index in [-0.39, 0.29) is 24.2 Å². The zero-order valence-corrected chi connectivity index (χ0v) is 14.7. The third-order valence-electron chi connectivity index (χ3n) is 3.70. The lowest BCUT2D eigenvalue weighted by molar-refractivity contribution is -0.390. The fourth-order valence-electron chi connectivity index (χ4n) is 2.43. The van der Waals surface area contributed by atoms with Gasteiger partial charge in [0, 0.05) is 12.6 Å². The van der Waals surface area contributed by atoms with Crippen LogP contribution in [0.1, 0.15) is 36.6 Å². The van der Waals surface area contributed by atoms with Crippen LogP contribution in [-0.4, -0.2) is 22.4 Å². The summed E-state index contributed by atoms with van der Waals surface area (Å²) >= 11 is 0. The van der Waals surface area contributed by atoms with E-state index in [1.165, 1.54) is 6.07 Å². The second kappa shape index (κ2) is 7.74. The molecule has 1 amide bonds. The second-order valence-electron chi connectivity index (χ2n) is 6.06. The molecule has 7 nitrogen and oxygen atoms in total. The number of benzene rings is 1. The van der Waals surface area contributed by atoms with Gasteiger partial charge in [-0.15, -0.1) is 0 Å². The molecule has 0 unspecified atom stereocenters. The van der Waals surface area contributed by atoms with Gasteiger partial charge < -0.3 is 20.2 Å². The molecule has 2 rings (SSSR count). The lowest BCUT2D eigenvalue weighted by Gasteiger charge is -2.16. The fourth-order valence-corrected chi connectivity index (χ4v) is 2.43. The van der Waals surface area contributed by atoms with Gasteiger partial charge in [0.1, 0.15) is 5.69 Å². The molecule has 0 aliphatic carbocycles. The Morgan fingerprint density at radius 3 is 2.64 bits per heavy atom. The highest BCUT2D eigenvalue weighted by Crippen LogP contribution is 2.28.